The Bertz CT molecular complexity index is 131. The van der Waals surface area contributed by atoms with E-state index in [0.717, 1.165) is 5.92 Å². The first-order chi connectivity index (χ1) is 5.20. The molecule has 11 heavy (non-hydrogen) atoms. The van der Waals surface area contributed by atoms with Gasteiger partial charge in [-0.1, -0.05) is 51.0 Å². The molecule has 0 saturated heterocycles. The van der Waals surface area contributed by atoms with Crippen LogP contribution in [0.15, 0.2) is 24.3 Å². The molecule has 0 heterocycles. The molecule has 0 aromatic rings. The van der Waals surface area contributed by atoms with Gasteiger partial charge < -0.3 is 0 Å². The molecule has 0 aliphatic heterocycles. The van der Waals surface area contributed by atoms with Crippen LogP contribution in [0.2, 0.25) is 0 Å². The molecule has 1 unspecified atom stereocenters. The summed E-state index contributed by atoms with van der Waals surface area (Å²) >= 11 is 0. The molecule has 0 aromatic carbocycles. The van der Waals surface area contributed by atoms with Gasteiger partial charge in [-0.05, 0) is 19.3 Å². The van der Waals surface area contributed by atoms with Gasteiger partial charge in [0.15, 0.2) is 0 Å². The molecule has 64 valence electrons. The van der Waals surface area contributed by atoms with Crippen LogP contribution >= 0.6 is 0 Å². The Morgan fingerprint density at radius 3 is 2.64 bits per heavy atom. The molecule has 0 aromatic heterocycles. The van der Waals surface area contributed by atoms with Crippen LogP contribution in [-0.2, 0) is 0 Å². The summed E-state index contributed by atoms with van der Waals surface area (Å²) in [6.45, 7) is 10.4. The van der Waals surface area contributed by atoms with Crippen LogP contribution in [0.1, 0.15) is 40.0 Å². The minimum atomic E-state index is 0.829. The van der Waals surface area contributed by atoms with E-state index < -0.39 is 0 Å². The van der Waals surface area contributed by atoms with Gasteiger partial charge in [0.1, 0.15) is 0 Å². The third kappa shape index (κ3) is 5.90. The SMILES string of the molecule is C=C/C(C)=C/CC(C)CCC. The Morgan fingerprint density at radius 1 is 1.55 bits per heavy atom. The molecule has 0 fully saturated rings. The van der Waals surface area contributed by atoms with Crippen molar-refractivity contribution in [1.29, 1.82) is 0 Å². The third-order valence-corrected chi connectivity index (χ3v) is 1.95. The Labute approximate surface area is 71.0 Å². The van der Waals surface area contributed by atoms with Gasteiger partial charge in [-0.25, -0.2) is 0 Å². The first-order valence-corrected chi connectivity index (χ1v) is 4.49. The maximum atomic E-state index is 3.72. The smallest absolute Gasteiger partial charge is 0.0319 e. The fraction of sp³-hybridized carbons (Fsp3) is 0.636. The Hall–Kier alpha value is -0.520. The monoisotopic (exact) mass is 152 g/mol. The van der Waals surface area contributed by atoms with Gasteiger partial charge >= 0.3 is 0 Å². The van der Waals surface area contributed by atoms with Gasteiger partial charge in [0.25, 0.3) is 0 Å². The van der Waals surface area contributed by atoms with Gasteiger partial charge in [-0.2, -0.15) is 0 Å². The molecule has 0 amide bonds. The third-order valence-electron chi connectivity index (χ3n) is 1.95. The fourth-order valence-electron chi connectivity index (χ4n) is 1.08. The van der Waals surface area contributed by atoms with Crippen molar-refractivity contribution >= 4 is 0 Å². The van der Waals surface area contributed by atoms with Crippen LogP contribution in [-0.4, -0.2) is 0 Å². The van der Waals surface area contributed by atoms with E-state index in [4.69, 9.17) is 0 Å². The fourth-order valence-corrected chi connectivity index (χ4v) is 1.08. The average Bonchev–Trinajstić information content (AvgIpc) is 2.01. The van der Waals surface area contributed by atoms with Crippen LogP contribution in [0.3, 0.4) is 0 Å². The minimum absolute atomic E-state index is 0.829. The lowest BCUT2D eigenvalue weighted by atomic mass is 10.0. The van der Waals surface area contributed by atoms with Gasteiger partial charge in [0, 0.05) is 0 Å². The molecule has 0 aliphatic carbocycles. The van der Waals surface area contributed by atoms with Crippen molar-refractivity contribution in [2.24, 2.45) is 5.92 Å². The summed E-state index contributed by atoms with van der Waals surface area (Å²) in [6.07, 6.45) is 8.01. The zero-order valence-corrected chi connectivity index (χ0v) is 8.06. The van der Waals surface area contributed by atoms with E-state index in [1.807, 2.05) is 6.08 Å². The Morgan fingerprint density at radius 2 is 2.18 bits per heavy atom. The van der Waals surface area contributed by atoms with Crippen molar-refractivity contribution in [3.05, 3.63) is 24.3 Å². The van der Waals surface area contributed by atoms with Crippen LogP contribution in [0.25, 0.3) is 0 Å². The second kappa shape index (κ2) is 6.21. The summed E-state index contributed by atoms with van der Waals surface area (Å²) in [6, 6.07) is 0. The summed E-state index contributed by atoms with van der Waals surface area (Å²) in [4.78, 5) is 0. The summed E-state index contributed by atoms with van der Waals surface area (Å²) in [5.41, 5.74) is 1.30. The van der Waals surface area contributed by atoms with Gasteiger partial charge in [0.2, 0.25) is 0 Å². The number of hydrogen-bond acceptors (Lipinski definition) is 0. The van der Waals surface area contributed by atoms with Crippen molar-refractivity contribution < 1.29 is 0 Å². The molecular weight excluding hydrogens is 132 g/mol. The molecule has 0 N–H and O–H groups in total. The van der Waals surface area contributed by atoms with Crippen molar-refractivity contribution in [3.8, 4) is 0 Å². The van der Waals surface area contributed by atoms with Crippen molar-refractivity contribution in [1.82, 2.24) is 0 Å². The van der Waals surface area contributed by atoms with E-state index >= 15 is 0 Å². The van der Waals surface area contributed by atoms with E-state index in [2.05, 4.69) is 33.4 Å². The Balaban J connectivity index is 3.59. The number of allylic oxidation sites excluding steroid dienone is 3. The van der Waals surface area contributed by atoms with Crippen molar-refractivity contribution in [2.75, 3.05) is 0 Å². The lowest BCUT2D eigenvalue weighted by molar-refractivity contribution is 0.531. The molecule has 0 saturated carbocycles. The maximum absolute atomic E-state index is 3.72. The largest absolute Gasteiger partial charge is 0.0988 e. The highest BCUT2D eigenvalue weighted by molar-refractivity contribution is 5.12. The number of hydrogen-bond donors (Lipinski definition) is 0. The second-order valence-corrected chi connectivity index (χ2v) is 3.28. The highest BCUT2D eigenvalue weighted by Crippen LogP contribution is 2.11. The topological polar surface area (TPSA) is 0 Å². The van der Waals surface area contributed by atoms with Gasteiger partial charge in [0.05, 0.1) is 0 Å². The lowest BCUT2D eigenvalue weighted by Gasteiger charge is -2.05. The number of rotatable bonds is 5. The summed E-state index contributed by atoms with van der Waals surface area (Å²) in [5.74, 6) is 0.829. The predicted octanol–water partition coefficient (Wildman–Crippen LogP) is 3.95. The van der Waals surface area contributed by atoms with Crippen molar-refractivity contribution in [2.45, 2.75) is 40.0 Å². The van der Waals surface area contributed by atoms with Gasteiger partial charge in [-0.15, -0.1) is 0 Å². The zero-order valence-electron chi connectivity index (χ0n) is 8.06. The maximum Gasteiger partial charge on any atom is -0.0319 e. The first-order valence-electron chi connectivity index (χ1n) is 4.49. The Kier molecular flexibility index (Phi) is 5.91. The highest BCUT2D eigenvalue weighted by atomic mass is 14.0. The molecule has 0 nitrogen and oxygen atoms in total. The second-order valence-electron chi connectivity index (χ2n) is 3.28. The van der Waals surface area contributed by atoms with Crippen LogP contribution in [0.5, 0.6) is 0 Å². The quantitative estimate of drug-likeness (QED) is 0.523. The molecular formula is C11H20. The average molecular weight is 152 g/mol. The van der Waals surface area contributed by atoms with E-state index in [1.165, 1.54) is 24.8 Å². The molecule has 0 radical (unpaired) electrons. The van der Waals surface area contributed by atoms with Crippen LogP contribution < -0.4 is 0 Å². The van der Waals surface area contributed by atoms with Crippen LogP contribution in [0, 0.1) is 5.92 Å². The minimum Gasteiger partial charge on any atom is -0.0988 e. The molecule has 1 atom stereocenters. The molecule has 0 spiro atoms. The molecule has 0 heteroatoms. The predicted molar refractivity (Wildman–Crippen MR) is 52.6 cm³/mol. The summed E-state index contributed by atoms with van der Waals surface area (Å²) in [5, 5.41) is 0. The van der Waals surface area contributed by atoms with Crippen LogP contribution in [0.4, 0.5) is 0 Å². The lowest BCUT2D eigenvalue weighted by Crippen LogP contribution is -1.90. The van der Waals surface area contributed by atoms with E-state index in [1.54, 1.807) is 0 Å². The first kappa shape index (κ1) is 10.5. The summed E-state index contributed by atoms with van der Waals surface area (Å²) in [7, 11) is 0. The van der Waals surface area contributed by atoms with Crippen molar-refractivity contribution in [3.63, 3.8) is 0 Å². The van der Waals surface area contributed by atoms with E-state index in [9.17, 15) is 0 Å². The molecule has 0 rings (SSSR count). The highest BCUT2D eigenvalue weighted by Gasteiger charge is 1.96. The summed E-state index contributed by atoms with van der Waals surface area (Å²) < 4.78 is 0. The molecule has 0 aliphatic rings. The molecule has 0 bridgehead atoms. The standard InChI is InChI=1S/C11H20/c1-5-7-11(4)9-8-10(3)6-2/h6,8,11H,2,5,7,9H2,1,3-4H3/b10-8+. The normalized spacial score (nSPS) is 14.6. The zero-order chi connectivity index (χ0) is 8.69. The van der Waals surface area contributed by atoms with E-state index in [-0.39, 0.29) is 0 Å². The van der Waals surface area contributed by atoms with Gasteiger partial charge in [-0.3, -0.25) is 0 Å². The van der Waals surface area contributed by atoms with E-state index in [0.29, 0.717) is 0 Å².